The molecule has 3 aromatic rings. The highest BCUT2D eigenvalue weighted by Crippen LogP contribution is 2.22. The summed E-state index contributed by atoms with van der Waals surface area (Å²) in [5.74, 6) is -0.955. The first-order valence-corrected chi connectivity index (χ1v) is 10.1. The van der Waals surface area contributed by atoms with E-state index in [1.54, 1.807) is 30.3 Å². The van der Waals surface area contributed by atoms with Crippen LogP contribution in [0.15, 0.2) is 71.6 Å². The van der Waals surface area contributed by atoms with Crippen LogP contribution < -0.4 is 14.8 Å². The Hall–Kier alpha value is -3.39. The summed E-state index contributed by atoms with van der Waals surface area (Å²) < 4.78 is 46.9. The third-order valence-corrected chi connectivity index (χ3v) is 5.50. The van der Waals surface area contributed by atoms with Crippen LogP contribution in [0.25, 0.3) is 0 Å². The van der Waals surface area contributed by atoms with Gasteiger partial charge in [-0.25, -0.2) is 12.8 Å². The van der Waals surface area contributed by atoms with Crippen LogP contribution in [0.5, 0.6) is 5.75 Å². The molecule has 0 radical (unpaired) electrons. The summed E-state index contributed by atoms with van der Waals surface area (Å²) in [5.41, 5.74) is 1.76. The van der Waals surface area contributed by atoms with Crippen LogP contribution in [0.3, 0.4) is 0 Å². The van der Waals surface area contributed by atoms with Gasteiger partial charge < -0.3 is 10.1 Å². The van der Waals surface area contributed by atoms with Gasteiger partial charge in [-0.1, -0.05) is 12.1 Å². The highest BCUT2D eigenvalue weighted by atomic mass is 32.2. The zero-order chi connectivity index (χ0) is 21.0. The average Bonchev–Trinajstić information content (AvgIpc) is 2.68. The van der Waals surface area contributed by atoms with Crippen molar-refractivity contribution in [2.45, 2.75) is 11.8 Å². The van der Waals surface area contributed by atoms with Crippen LogP contribution >= 0.6 is 0 Å². The quantitative estimate of drug-likeness (QED) is 0.633. The zero-order valence-electron chi connectivity index (χ0n) is 15.8. The Morgan fingerprint density at radius 1 is 0.966 bits per heavy atom. The summed E-state index contributed by atoms with van der Waals surface area (Å²) in [6.45, 7) is 1.88. The molecule has 0 aliphatic heterocycles. The summed E-state index contributed by atoms with van der Waals surface area (Å²) in [6.07, 6.45) is 0. The number of carbonyl (C=O) groups excluding carboxylic acids is 1. The molecule has 0 atom stereocenters. The largest absolute Gasteiger partial charge is 0.497 e. The molecule has 1 amide bonds. The molecule has 3 aromatic carbocycles. The second kappa shape index (κ2) is 8.32. The predicted molar refractivity (Wildman–Crippen MR) is 109 cm³/mol. The van der Waals surface area contributed by atoms with Gasteiger partial charge in [-0.15, -0.1) is 0 Å². The summed E-state index contributed by atoms with van der Waals surface area (Å²) in [7, 11) is -2.76. The van der Waals surface area contributed by atoms with E-state index >= 15 is 0 Å². The van der Waals surface area contributed by atoms with Crippen LogP contribution in [-0.2, 0) is 10.0 Å². The first-order chi connectivity index (χ1) is 13.8. The van der Waals surface area contributed by atoms with Crippen molar-refractivity contribution in [2.75, 3.05) is 17.1 Å². The molecule has 0 aromatic heterocycles. The minimum atomic E-state index is -4.24. The van der Waals surface area contributed by atoms with E-state index in [4.69, 9.17) is 4.74 Å². The summed E-state index contributed by atoms with van der Waals surface area (Å²) in [6, 6.07) is 16.4. The highest BCUT2D eigenvalue weighted by Gasteiger charge is 2.21. The minimum Gasteiger partial charge on any atom is -0.497 e. The molecule has 0 aliphatic rings. The maximum atomic E-state index is 14.3. The van der Waals surface area contributed by atoms with E-state index in [9.17, 15) is 17.6 Å². The maximum absolute atomic E-state index is 14.3. The lowest BCUT2D eigenvalue weighted by atomic mass is 10.2. The SMILES string of the molecule is COc1ccc(NS(=O)(=O)c2cc(C(=O)Nc3cccc(C)c3)ccc2F)cc1. The van der Waals surface area contributed by atoms with Crippen molar-refractivity contribution in [1.82, 2.24) is 0 Å². The van der Waals surface area contributed by atoms with Crippen molar-refractivity contribution in [3.05, 3.63) is 83.7 Å². The molecule has 0 saturated heterocycles. The van der Waals surface area contributed by atoms with Crippen LogP contribution in [0.2, 0.25) is 0 Å². The van der Waals surface area contributed by atoms with Gasteiger partial charge in [0, 0.05) is 16.9 Å². The Kier molecular flexibility index (Phi) is 5.84. The van der Waals surface area contributed by atoms with E-state index in [2.05, 4.69) is 10.0 Å². The number of rotatable bonds is 6. The number of benzene rings is 3. The number of anilines is 2. The summed E-state index contributed by atoms with van der Waals surface area (Å²) >= 11 is 0. The van der Waals surface area contributed by atoms with Gasteiger partial charge in [0.1, 0.15) is 16.5 Å². The van der Waals surface area contributed by atoms with Gasteiger partial charge in [0.15, 0.2) is 0 Å². The Labute approximate surface area is 168 Å². The van der Waals surface area contributed by atoms with Crippen molar-refractivity contribution in [3.8, 4) is 5.75 Å². The van der Waals surface area contributed by atoms with Gasteiger partial charge in [0.05, 0.1) is 7.11 Å². The lowest BCUT2D eigenvalue weighted by molar-refractivity contribution is 0.102. The topological polar surface area (TPSA) is 84.5 Å². The van der Waals surface area contributed by atoms with Gasteiger partial charge in [0.2, 0.25) is 0 Å². The Balaban J connectivity index is 1.86. The van der Waals surface area contributed by atoms with E-state index in [-0.39, 0.29) is 11.3 Å². The van der Waals surface area contributed by atoms with E-state index in [1.165, 1.54) is 25.3 Å². The monoisotopic (exact) mass is 414 g/mol. The first kappa shape index (κ1) is 20.3. The van der Waals surface area contributed by atoms with Crippen LogP contribution in [0.4, 0.5) is 15.8 Å². The van der Waals surface area contributed by atoms with Gasteiger partial charge in [-0.3, -0.25) is 9.52 Å². The van der Waals surface area contributed by atoms with Crippen LogP contribution in [0, 0.1) is 12.7 Å². The normalized spacial score (nSPS) is 11.0. The Bertz CT molecular complexity index is 1150. The Morgan fingerprint density at radius 2 is 1.69 bits per heavy atom. The first-order valence-electron chi connectivity index (χ1n) is 8.63. The Morgan fingerprint density at radius 3 is 2.34 bits per heavy atom. The number of nitrogens with one attached hydrogen (secondary N) is 2. The van der Waals surface area contributed by atoms with E-state index in [0.717, 1.165) is 17.7 Å². The lowest BCUT2D eigenvalue weighted by Gasteiger charge is -2.11. The molecule has 0 saturated carbocycles. The standard InChI is InChI=1S/C21H19FN2O4S/c1-14-4-3-5-17(12-14)23-21(25)15-6-11-19(22)20(13-15)29(26,27)24-16-7-9-18(28-2)10-8-16/h3-13,24H,1-2H3,(H,23,25). The second-order valence-electron chi connectivity index (χ2n) is 6.30. The average molecular weight is 414 g/mol. The van der Waals surface area contributed by atoms with Crippen LogP contribution in [-0.4, -0.2) is 21.4 Å². The highest BCUT2D eigenvalue weighted by molar-refractivity contribution is 7.92. The van der Waals surface area contributed by atoms with Gasteiger partial charge in [0.25, 0.3) is 15.9 Å². The number of hydrogen-bond donors (Lipinski definition) is 2. The molecule has 0 aliphatic carbocycles. The van der Waals surface area contributed by atoms with E-state index in [1.807, 2.05) is 13.0 Å². The molecule has 150 valence electrons. The lowest BCUT2D eigenvalue weighted by Crippen LogP contribution is -2.17. The maximum Gasteiger partial charge on any atom is 0.264 e. The number of ether oxygens (including phenoxy) is 1. The molecule has 29 heavy (non-hydrogen) atoms. The fourth-order valence-electron chi connectivity index (χ4n) is 2.65. The molecule has 2 N–H and O–H groups in total. The van der Waals surface area contributed by atoms with Gasteiger partial charge in [-0.05, 0) is 67.1 Å². The third-order valence-electron chi connectivity index (χ3n) is 4.10. The molecule has 8 heteroatoms. The number of hydrogen-bond acceptors (Lipinski definition) is 4. The minimum absolute atomic E-state index is 0.0167. The van der Waals surface area contributed by atoms with E-state index < -0.39 is 26.6 Å². The molecule has 0 spiro atoms. The predicted octanol–water partition coefficient (Wildman–Crippen LogP) is 4.20. The summed E-state index contributed by atoms with van der Waals surface area (Å²) in [4.78, 5) is 11.9. The molecule has 3 rings (SSSR count). The number of carbonyl (C=O) groups is 1. The summed E-state index contributed by atoms with van der Waals surface area (Å²) in [5, 5.41) is 2.67. The van der Waals surface area contributed by atoms with Crippen molar-refractivity contribution in [3.63, 3.8) is 0 Å². The van der Waals surface area contributed by atoms with E-state index in [0.29, 0.717) is 11.4 Å². The van der Waals surface area contributed by atoms with Gasteiger partial charge in [-0.2, -0.15) is 0 Å². The zero-order valence-corrected chi connectivity index (χ0v) is 16.6. The molecular weight excluding hydrogens is 395 g/mol. The number of halogens is 1. The molecule has 0 heterocycles. The van der Waals surface area contributed by atoms with Crippen molar-refractivity contribution in [2.24, 2.45) is 0 Å². The van der Waals surface area contributed by atoms with Crippen molar-refractivity contribution in [1.29, 1.82) is 0 Å². The molecule has 6 nitrogen and oxygen atoms in total. The number of sulfonamides is 1. The fraction of sp³-hybridized carbons (Fsp3) is 0.0952. The smallest absolute Gasteiger partial charge is 0.264 e. The number of aryl methyl sites for hydroxylation is 1. The third kappa shape index (κ3) is 4.91. The molecule has 0 bridgehead atoms. The van der Waals surface area contributed by atoms with Crippen molar-refractivity contribution < 1.29 is 22.3 Å². The second-order valence-corrected chi connectivity index (χ2v) is 7.95. The number of methoxy groups -OCH3 is 1. The number of amides is 1. The molecular formula is C21H19FN2O4S. The molecule has 0 unspecified atom stereocenters. The van der Waals surface area contributed by atoms with Gasteiger partial charge >= 0.3 is 0 Å². The van der Waals surface area contributed by atoms with Crippen molar-refractivity contribution >= 4 is 27.3 Å². The molecule has 0 fully saturated rings. The fourth-order valence-corrected chi connectivity index (χ4v) is 3.81. The van der Waals surface area contributed by atoms with Crippen LogP contribution in [0.1, 0.15) is 15.9 Å².